The minimum Gasteiger partial charge on any atom is -0.368 e. The van der Waals surface area contributed by atoms with E-state index in [-0.39, 0.29) is 36.4 Å². The second-order valence-corrected chi connectivity index (χ2v) is 7.43. The van der Waals surface area contributed by atoms with Gasteiger partial charge in [0.1, 0.15) is 0 Å². The van der Waals surface area contributed by atoms with Crippen LogP contribution in [-0.4, -0.2) is 61.9 Å². The van der Waals surface area contributed by atoms with Crippen LogP contribution >= 0.6 is 24.0 Å². The van der Waals surface area contributed by atoms with Gasteiger partial charge in [-0.25, -0.2) is 0 Å². The summed E-state index contributed by atoms with van der Waals surface area (Å²) in [4.78, 5) is 29.5. The molecule has 0 aromatic heterocycles. The van der Waals surface area contributed by atoms with Gasteiger partial charge in [0, 0.05) is 38.3 Å². The van der Waals surface area contributed by atoms with Crippen LogP contribution in [0.15, 0.2) is 29.3 Å². The maximum Gasteiger partial charge on any atom is 0.251 e. The second-order valence-electron chi connectivity index (χ2n) is 7.43. The van der Waals surface area contributed by atoms with Crippen LogP contribution in [0, 0.1) is 0 Å². The van der Waals surface area contributed by atoms with Gasteiger partial charge in [0.25, 0.3) is 5.91 Å². The summed E-state index contributed by atoms with van der Waals surface area (Å²) in [5.41, 5.74) is 6.55. The highest BCUT2D eigenvalue weighted by molar-refractivity contribution is 14.0. The minimum atomic E-state index is -0.566. The normalized spacial score (nSPS) is 17.0. The first kappa shape index (κ1) is 26.2. The van der Waals surface area contributed by atoms with Crippen LogP contribution < -0.4 is 21.7 Å². The molecule has 30 heavy (non-hydrogen) atoms. The van der Waals surface area contributed by atoms with E-state index in [1.807, 2.05) is 12.1 Å². The van der Waals surface area contributed by atoms with E-state index in [0.29, 0.717) is 18.2 Å². The summed E-state index contributed by atoms with van der Waals surface area (Å²) in [6, 6.07) is 7.89. The molecule has 1 aliphatic heterocycles. The van der Waals surface area contributed by atoms with Gasteiger partial charge in [-0.15, -0.1) is 24.0 Å². The quantitative estimate of drug-likeness (QED) is 0.167. The molecule has 168 valence electrons. The fourth-order valence-electron chi connectivity index (χ4n) is 3.43. The minimum absolute atomic E-state index is 0. The smallest absolute Gasteiger partial charge is 0.251 e. The highest BCUT2D eigenvalue weighted by Gasteiger charge is 2.17. The number of carbonyl (C=O) groups excluding carboxylic acids is 2. The Bertz CT molecular complexity index is 695. The van der Waals surface area contributed by atoms with E-state index >= 15 is 0 Å². The molecule has 8 nitrogen and oxygen atoms in total. The number of benzene rings is 1. The number of hydrogen-bond donors (Lipinski definition) is 4. The summed E-state index contributed by atoms with van der Waals surface area (Å²) in [7, 11) is 1.76. The van der Waals surface area contributed by atoms with Crippen molar-refractivity contribution in [2.75, 3.05) is 33.2 Å². The third kappa shape index (κ3) is 9.29. The Labute approximate surface area is 196 Å². The highest BCUT2D eigenvalue weighted by Crippen LogP contribution is 2.16. The number of nitrogens with two attached hydrogens (primary N) is 1. The summed E-state index contributed by atoms with van der Waals surface area (Å²) in [5, 5.41) is 9.11. The maximum absolute atomic E-state index is 11.9. The summed E-state index contributed by atoms with van der Waals surface area (Å²) in [6.45, 7) is 5.96. The lowest BCUT2D eigenvalue weighted by atomic mass is 10.0. The lowest BCUT2D eigenvalue weighted by Crippen LogP contribution is -2.41. The molecule has 5 N–H and O–H groups in total. The molecule has 1 saturated heterocycles. The molecule has 1 atom stereocenters. The van der Waals surface area contributed by atoms with E-state index in [2.05, 4.69) is 32.8 Å². The Hall–Kier alpha value is -1.88. The molecule has 1 unspecified atom stereocenters. The second kappa shape index (κ2) is 14.2. The molecule has 1 aromatic rings. The van der Waals surface area contributed by atoms with Crippen molar-refractivity contribution in [2.24, 2.45) is 10.7 Å². The average molecular weight is 530 g/mol. The van der Waals surface area contributed by atoms with Gasteiger partial charge < -0.3 is 26.6 Å². The fourth-order valence-corrected chi connectivity index (χ4v) is 3.43. The van der Waals surface area contributed by atoms with Gasteiger partial charge in [-0.3, -0.25) is 14.6 Å². The van der Waals surface area contributed by atoms with Crippen molar-refractivity contribution in [3.8, 4) is 0 Å². The average Bonchev–Trinajstić information content (AvgIpc) is 2.73. The molecule has 2 amide bonds. The van der Waals surface area contributed by atoms with Crippen LogP contribution in [0.5, 0.6) is 0 Å². The molecule has 1 aromatic carbocycles. The predicted octanol–water partition coefficient (Wildman–Crippen LogP) is 1.45. The molecule has 1 aliphatic rings. The van der Waals surface area contributed by atoms with Gasteiger partial charge >= 0.3 is 0 Å². The third-order valence-corrected chi connectivity index (χ3v) is 5.18. The zero-order valence-corrected chi connectivity index (χ0v) is 20.3. The number of likely N-dealkylation sites (tertiary alicyclic amines) is 1. The van der Waals surface area contributed by atoms with E-state index in [1.54, 1.807) is 19.2 Å². The van der Waals surface area contributed by atoms with E-state index in [4.69, 9.17) is 5.73 Å². The van der Waals surface area contributed by atoms with Gasteiger partial charge in [-0.1, -0.05) is 18.6 Å². The predicted molar refractivity (Wildman–Crippen MR) is 131 cm³/mol. The number of piperidine rings is 1. The number of aliphatic imine (C=N–C) groups is 1. The first-order valence-corrected chi connectivity index (χ1v) is 10.3. The zero-order valence-electron chi connectivity index (χ0n) is 17.9. The highest BCUT2D eigenvalue weighted by atomic mass is 127. The zero-order chi connectivity index (χ0) is 21.1. The molecule has 1 heterocycles. The largest absolute Gasteiger partial charge is 0.368 e. The van der Waals surface area contributed by atoms with Gasteiger partial charge in [-0.2, -0.15) is 0 Å². The summed E-state index contributed by atoms with van der Waals surface area (Å²) in [6.07, 6.45) is 5.06. The molecule has 0 bridgehead atoms. The molecule has 0 spiro atoms. The number of amides is 2. The summed E-state index contributed by atoms with van der Waals surface area (Å²) < 4.78 is 0. The molecule has 0 radical (unpaired) electrons. The topological polar surface area (TPSA) is 112 Å². The number of rotatable bonds is 9. The molecule has 1 fully saturated rings. The Kier molecular flexibility index (Phi) is 12.4. The number of halogens is 1. The lowest BCUT2D eigenvalue weighted by molar-refractivity contribution is -0.117. The molecule has 2 rings (SSSR count). The van der Waals surface area contributed by atoms with Crippen molar-refractivity contribution in [1.29, 1.82) is 0 Å². The Balaban J connectivity index is 0.00000450. The van der Waals surface area contributed by atoms with E-state index in [0.717, 1.165) is 31.0 Å². The van der Waals surface area contributed by atoms with Crippen LogP contribution in [0.25, 0.3) is 0 Å². The molecular formula is C21H35IN6O2. The Morgan fingerprint density at radius 1 is 1.17 bits per heavy atom. The fraction of sp³-hybridized carbons (Fsp3) is 0.571. The van der Waals surface area contributed by atoms with Crippen molar-refractivity contribution in [3.05, 3.63) is 35.4 Å². The first-order valence-electron chi connectivity index (χ1n) is 10.3. The summed E-state index contributed by atoms with van der Waals surface area (Å²) >= 11 is 0. The van der Waals surface area contributed by atoms with E-state index in [1.165, 1.54) is 25.8 Å². The Morgan fingerprint density at radius 3 is 2.53 bits per heavy atom. The number of hydrogen-bond acceptors (Lipinski definition) is 4. The van der Waals surface area contributed by atoms with Gasteiger partial charge in [-0.05, 0) is 50.4 Å². The molecule has 0 aliphatic carbocycles. The number of primary amides is 1. The van der Waals surface area contributed by atoms with Crippen molar-refractivity contribution in [3.63, 3.8) is 0 Å². The SMILES string of the molecule is CN=C(NCCCN1CCCCC1C)NCc1ccc(C(=O)NCC(N)=O)cc1.I. The number of nitrogens with one attached hydrogen (secondary N) is 3. The monoisotopic (exact) mass is 530 g/mol. The molecule has 9 heteroatoms. The number of guanidine groups is 1. The molecule has 0 saturated carbocycles. The summed E-state index contributed by atoms with van der Waals surface area (Å²) in [5.74, 6) is -0.118. The van der Waals surface area contributed by atoms with Crippen molar-refractivity contribution < 1.29 is 9.59 Å². The van der Waals surface area contributed by atoms with Crippen LogP contribution in [0.3, 0.4) is 0 Å². The van der Waals surface area contributed by atoms with Crippen LogP contribution in [0.1, 0.15) is 48.5 Å². The van der Waals surface area contributed by atoms with Gasteiger partial charge in [0.05, 0.1) is 6.54 Å². The lowest BCUT2D eigenvalue weighted by Gasteiger charge is -2.33. The van der Waals surface area contributed by atoms with E-state index < -0.39 is 5.91 Å². The molecular weight excluding hydrogens is 495 g/mol. The third-order valence-electron chi connectivity index (χ3n) is 5.18. The van der Waals surface area contributed by atoms with Gasteiger partial charge in [0.2, 0.25) is 5.91 Å². The van der Waals surface area contributed by atoms with Crippen molar-refractivity contribution in [1.82, 2.24) is 20.9 Å². The van der Waals surface area contributed by atoms with Crippen LogP contribution in [-0.2, 0) is 11.3 Å². The van der Waals surface area contributed by atoms with Crippen LogP contribution in [0.4, 0.5) is 0 Å². The van der Waals surface area contributed by atoms with Crippen molar-refractivity contribution >= 4 is 41.8 Å². The van der Waals surface area contributed by atoms with Gasteiger partial charge in [0.15, 0.2) is 5.96 Å². The van der Waals surface area contributed by atoms with E-state index in [9.17, 15) is 9.59 Å². The first-order chi connectivity index (χ1) is 14.0. The Morgan fingerprint density at radius 2 is 1.90 bits per heavy atom. The standard InChI is InChI=1S/C21H34N6O2.HI/c1-16-6-3-4-12-27(16)13-5-11-24-21(23-2)26-14-17-7-9-18(10-8-17)20(29)25-15-19(22)28;/h7-10,16H,3-6,11-15H2,1-2H3,(H2,22,28)(H,25,29)(H2,23,24,26);1H. The number of nitrogens with zero attached hydrogens (tertiary/aromatic N) is 2. The maximum atomic E-state index is 11.9. The van der Waals surface area contributed by atoms with Crippen LogP contribution in [0.2, 0.25) is 0 Å². The number of carbonyl (C=O) groups is 2. The van der Waals surface area contributed by atoms with Crippen molar-refractivity contribution in [2.45, 2.75) is 45.2 Å².